The highest BCUT2D eigenvalue weighted by molar-refractivity contribution is 5.66. The van der Waals surface area contributed by atoms with Gasteiger partial charge in [0.1, 0.15) is 6.67 Å². The van der Waals surface area contributed by atoms with E-state index in [1.165, 1.54) is 24.0 Å². The zero-order valence-electron chi connectivity index (χ0n) is 8.36. The third kappa shape index (κ3) is 3.71. The lowest BCUT2D eigenvalue weighted by molar-refractivity contribution is -0.256. The fraction of sp³-hybridized carbons (Fsp3) is 0.750. The first-order valence-electron chi connectivity index (χ1n) is 4.45. The zero-order valence-corrected chi connectivity index (χ0v) is 8.36. The molecule has 0 bridgehead atoms. The highest BCUT2D eigenvalue weighted by atomic mass is 16.7. The summed E-state index contributed by atoms with van der Waals surface area (Å²) in [5.74, 6) is -0.732. The first-order valence-corrected chi connectivity index (χ1v) is 4.45. The fourth-order valence-electron chi connectivity index (χ4n) is 1.25. The normalized spacial score (nSPS) is 19.0. The van der Waals surface area contributed by atoms with Crippen molar-refractivity contribution in [3.8, 4) is 0 Å². The molecular formula is C8H14N2O4. The molecule has 6 nitrogen and oxygen atoms in total. The van der Waals surface area contributed by atoms with Gasteiger partial charge in [-0.05, 0) is 6.42 Å². The van der Waals surface area contributed by atoms with E-state index >= 15 is 0 Å². The first kappa shape index (κ1) is 10.9. The maximum absolute atomic E-state index is 10.7. The summed E-state index contributed by atoms with van der Waals surface area (Å²) in [4.78, 5) is 31.0. The second-order valence-corrected chi connectivity index (χ2v) is 3.07. The molecule has 0 aromatic heterocycles. The van der Waals surface area contributed by atoms with E-state index in [2.05, 4.69) is 0 Å². The van der Waals surface area contributed by atoms with Crippen LogP contribution >= 0.6 is 0 Å². The molecule has 1 aliphatic rings. The summed E-state index contributed by atoms with van der Waals surface area (Å²) < 4.78 is 0. The van der Waals surface area contributed by atoms with Crippen LogP contribution in [0.2, 0.25) is 0 Å². The second-order valence-electron chi connectivity index (χ2n) is 3.07. The van der Waals surface area contributed by atoms with E-state index in [9.17, 15) is 9.59 Å². The Balaban J connectivity index is 2.35. The molecule has 0 spiro atoms. The van der Waals surface area contributed by atoms with E-state index in [-0.39, 0.29) is 11.9 Å². The minimum atomic E-state index is -0.366. The number of nitrogens with zero attached hydrogens (tertiary/aromatic N) is 2. The Bertz CT molecular complexity index is 209. The molecule has 1 saturated heterocycles. The van der Waals surface area contributed by atoms with Crippen LogP contribution in [0.15, 0.2) is 0 Å². The average Bonchev–Trinajstić information content (AvgIpc) is 2.01. The molecule has 0 aromatic carbocycles. The number of carbonyl (C=O) groups is 2. The number of hydroxylamine groups is 4. The van der Waals surface area contributed by atoms with Gasteiger partial charge in [0.05, 0.1) is 0 Å². The average molecular weight is 202 g/mol. The van der Waals surface area contributed by atoms with Crippen molar-refractivity contribution in [1.82, 2.24) is 10.1 Å². The van der Waals surface area contributed by atoms with E-state index in [0.29, 0.717) is 19.8 Å². The SMILES string of the molecule is CC(=O)ON1CCCN(OC(C)=O)C1. The van der Waals surface area contributed by atoms with Crippen LogP contribution in [0.4, 0.5) is 0 Å². The van der Waals surface area contributed by atoms with Crippen LogP contribution in [-0.2, 0) is 19.3 Å². The highest BCUT2D eigenvalue weighted by Crippen LogP contribution is 2.07. The third-order valence-corrected chi connectivity index (χ3v) is 1.65. The van der Waals surface area contributed by atoms with Crippen molar-refractivity contribution >= 4 is 11.9 Å². The molecule has 14 heavy (non-hydrogen) atoms. The Hall–Kier alpha value is -1.14. The Morgan fingerprint density at radius 3 is 1.79 bits per heavy atom. The molecule has 0 unspecified atom stereocenters. The van der Waals surface area contributed by atoms with Crippen molar-refractivity contribution in [2.24, 2.45) is 0 Å². The van der Waals surface area contributed by atoms with Crippen molar-refractivity contribution in [3.05, 3.63) is 0 Å². The third-order valence-electron chi connectivity index (χ3n) is 1.65. The summed E-state index contributed by atoms with van der Waals surface area (Å²) in [6.07, 6.45) is 0.792. The van der Waals surface area contributed by atoms with Crippen molar-refractivity contribution in [2.75, 3.05) is 19.8 Å². The Morgan fingerprint density at radius 1 is 1.00 bits per heavy atom. The van der Waals surface area contributed by atoms with Crippen molar-refractivity contribution in [2.45, 2.75) is 20.3 Å². The predicted molar refractivity (Wildman–Crippen MR) is 46.4 cm³/mol. The van der Waals surface area contributed by atoms with Crippen molar-refractivity contribution in [1.29, 1.82) is 0 Å². The molecule has 1 rings (SSSR count). The van der Waals surface area contributed by atoms with Crippen LogP contribution in [0.5, 0.6) is 0 Å². The van der Waals surface area contributed by atoms with E-state index < -0.39 is 0 Å². The Labute approximate surface area is 82.3 Å². The summed E-state index contributed by atoms with van der Waals surface area (Å²) in [5.41, 5.74) is 0. The van der Waals surface area contributed by atoms with Crippen LogP contribution in [-0.4, -0.2) is 41.8 Å². The van der Waals surface area contributed by atoms with Crippen molar-refractivity contribution in [3.63, 3.8) is 0 Å². The topological polar surface area (TPSA) is 59.1 Å². The predicted octanol–water partition coefficient (Wildman–Crippen LogP) is -0.0922. The summed E-state index contributed by atoms with van der Waals surface area (Å²) >= 11 is 0. The summed E-state index contributed by atoms with van der Waals surface area (Å²) in [6.45, 7) is 4.31. The monoisotopic (exact) mass is 202 g/mol. The van der Waals surface area contributed by atoms with Gasteiger partial charge in [0.25, 0.3) is 0 Å². The lowest BCUT2D eigenvalue weighted by atomic mass is 10.4. The van der Waals surface area contributed by atoms with Crippen LogP contribution in [0.25, 0.3) is 0 Å². The van der Waals surface area contributed by atoms with Crippen LogP contribution in [0, 0.1) is 0 Å². The van der Waals surface area contributed by atoms with Gasteiger partial charge in [0, 0.05) is 26.9 Å². The number of hydrogen-bond acceptors (Lipinski definition) is 6. The standard InChI is InChI=1S/C8H14N2O4/c1-7(11)13-9-4-3-5-10(6-9)14-8(2)12/h3-6H2,1-2H3. The van der Waals surface area contributed by atoms with Gasteiger partial charge in [0.2, 0.25) is 0 Å². The quantitative estimate of drug-likeness (QED) is 0.623. The molecule has 0 saturated carbocycles. The molecule has 0 aliphatic carbocycles. The van der Waals surface area contributed by atoms with Crippen LogP contribution in [0.3, 0.4) is 0 Å². The Morgan fingerprint density at radius 2 is 1.43 bits per heavy atom. The maximum Gasteiger partial charge on any atom is 0.322 e. The van der Waals surface area contributed by atoms with Crippen LogP contribution in [0.1, 0.15) is 20.3 Å². The number of rotatable bonds is 2. The number of carbonyl (C=O) groups excluding carboxylic acids is 2. The van der Waals surface area contributed by atoms with Gasteiger partial charge >= 0.3 is 11.9 Å². The van der Waals surface area contributed by atoms with Crippen LogP contribution < -0.4 is 0 Å². The molecule has 80 valence electrons. The van der Waals surface area contributed by atoms with E-state index in [1.54, 1.807) is 0 Å². The zero-order chi connectivity index (χ0) is 10.6. The van der Waals surface area contributed by atoms with Gasteiger partial charge in [0.15, 0.2) is 0 Å². The van der Waals surface area contributed by atoms with Gasteiger partial charge in [-0.1, -0.05) is 0 Å². The van der Waals surface area contributed by atoms with Gasteiger partial charge < -0.3 is 9.68 Å². The van der Waals surface area contributed by atoms with Gasteiger partial charge in [-0.2, -0.15) is 0 Å². The fourth-order valence-corrected chi connectivity index (χ4v) is 1.25. The Kier molecular flexibility index (Phi) is 3.84. The van der Waals surface area contributed by atoms with Gasteiger partial charge in [-0.25, -0.2) is 0 Å². The minimum absolute atomic E-state index is 0.305. The molecule has 1 aliphatic heterocycles. The molecule has 1 fully saturated rings. The van der Waals surface area contributed by atoms with E-state index in [0.717, 1.165) is 6.42 Å². The molecule has 0 amide bonds. The lowest BCUT2D eigenvalue weighted by Gasteiger charge is -2.31. The molecule has 0 aromatic rings. The molecule has 0 N–H and O–H groups in total. The lowest BCUT2D eigenvalue weighted by Crippen LogP contribution is -2.45. The van der Waals surface area contributed by atoms with Crippen molar-refractivity contribution < 1.29 is 19.3 Å². The summed E-state index contributed by atoms with van der Waals surface area (Å²) in [5, 5.41) is 2.93. The van der Waals surface area contributed by atoms with E-state index in [4.69, 9.17) is 9.68 Å². The minimum Gasteiger partial charge on any atom is -0.367 e. The molecule has 1 heterocycles. The first-order chi connectivity index (χ1) is 6.58. The summed E-state index contributed by atoms with van der Waals surface area (Å²) in [6, 6.07) is 0. The molecule has 0 radical (unpaired) electrons. The smallest absolute Gasteiger partial charge is 0.322 e. The van der Waals surface area contributed by atoms with E-state index in [1.807, 2.05) is 0 Å². The maximum atomic E-state index is 10.7. The molecule has 6 heteroatoms. The second kappa shape index (κ2) is 4.92. The van der Waals surface area contributed by atoms with Gasteiger partial charge in [-0.3, -0.25) is 9.59 Å². The molecular weight excluding hydrogens is 188 g/mol. The summed E-state index contributed by atoms with van der Waals surface area (Å²) in [7, 11) is 0. The number of hydrogen-bond donors (Lipinski definition) is 0. The largest absolute Gasteiger partial charge is 0.367 e. The highest BCUT2D eigenvalue weighted by Gasteiger charge is 2.21. The van der Waals surface area contributed by atoms with Gasteiger partial charge in [-0.15, -0.1) is 10.1 Å². The molecule has 0 atom stereocenters.